The highest BCUT2D eigenvalue weighted by Gasteiger charge is 2.64. The lowest BCUT2D eigenvalue weighted by Crippen LogP contribution is -2.65. The van der Waals surface area contributed by atoms with Crippen LogP contribution in [0.15, 0.2) is 30.3 Å². The third-order valence-electron chi connectivity index (χ3n) is 6.26. The van der Waals surface area contributed by atoms with E-state index in [1.807, 2.05) is 30.3 Å². The van der Waals surface area contributed by atoms with Gasteiger partial charge in [0.15, 0.2) is 12.6 Å². The quantitative estimate of drug-likeness (QED) is 0.833. The fraction of sp³-hybridized carbons (Fsp3) is 0.684. The molecule has 5 nitrogen and oxygen atoms in total. The van der Waals surface area contributed by atoms with Crippen LogP contribution in [-0.4, -0.2) is 44.4 Å². The van der Waals surface area contributed by atoms with E-state index in [0.717, 1.165) is 18.6 Å². The molecule has 0 aromatic heterocycles. The van der Waals surface area contributed by atoms with E-state index in [2.05, 4.69) is 0 Å². The van der Waals surface area contributed by atoms with Crippen LogP contribution >= 0.6 is 0 Å². The minimum absolute atomic E-state index is 0.0989. The lowest BCUT2D eigenvalue weighted by molar-refractivity contribution is -0.363. The highest BCUT2D eigenvalue weighted by Crippen LogP contribution is 2.57. The Bertz CT molecular complexity index is 593. The molecule has 0 N–H and O–H groups in total. The molecule has 24 heavy (non-hydrogen) atoms. The SMILES string of the molecule is CO[C@@H]1C[C@]2(OC[C@H]3CC[C@H]32)[C@@H]2OC(c3ccccc3)OC[C@H]2O1. The van der Waals surface area contributed by atoms with Crippen LogP contribution < -0.4 is 0 Å². The predicted molar refractivity (Wildman–Crippen MR) is 85.2 cm³/mol. The van der Waals surface area contributed by atoms with Gasteiger partial charge in [-0.25, -0.2) is 0 Å². The molecule has 0 amide bonds. The number of ether oxygens (including phenoxy) is 5. The van der Waals surface area contributed by atoms with Crippen LogP contribution in [0.2, 0.25) is 0 Å². The fourth-order valence-corrected chi connectivity index (χ4v) is 4.90. The zero-order valence-corrected chi connectivity index (χ0v) is 13.9. The zero-order valence-electron chi connectivity index (χ0n) is 13.9. The van der Waals surface area contributed by atoms with Crippen molar-refractivity contribution in [2.45, 2.75) is 49.7 Å². The van der Waals surface area contributed by atoms with Gasteiger partial charge in [0, 0.05) is 19.1 Å². The van der Waals surface area contributed by atoms with Crippen molar-refractivity contribution >= 4 is 0 Å². The van der Waals surface area contributed by atoms with Crippen LogP contribution in [0.3, 0.4) is 0 Å². The molecule has 0 radical (unpaired) electrons. The molecule has 5 rings (SSSR count). The van der Waals surface area contributed by atoms with Gasteiger partial charge in [0.05, 0.1) is 13.2 Å². The molecule has 1 aromatic carbocycles. The number of methoxy groups -OCH3 is 1. The van der Waals surface area contributed by atoms with E-state index in [1.54, 1.807) is 7.11 Å². The van der Waals surface area contributed by atoms with E-state index >= 15 is 0 Å². The van der Waals surface area contributed by atoms with E-state index in [1.165, 1.54) is 12.8 Å². The van der Waals surface area contributed by atoms with Crippen LogP contribution in [0, 0.1) is 11.8 Å². The molecular formula is C19H24O5. The minimum atomic E-state index is -0.352. The van der Waals surface area contributed by atoms with Gasteiger partial charge in [-0.05, 0) is 24.7 Å². The summed E-state index contributed by atoms with van der Waals surface area (Å²) in [5, 5.41) is 0. The first kappa shape index (κ1) is 15.3. The van der Waals surface area contributed by atoms with Gasteiger partial charge in [-0.2, -0.15) is 0 Å². The topological polar surface area (TPSA) is 46.2 Å². The van der Waals surface area contributed by atoms with E-state index in [0.29, 0.717) is 18.4 Å². The second kappa shape index (κ2) is 5.78. The normalized spacial score (nSPS) is 47.0. The first-order valence-electron chi connectivity index (χ1n) is 8.94. The Labute approximate surface area is 142 Å². The number of rotatable bonds is 2. The molecule has 7 atom stereocenters. The van der Waals surface area contributed by atoms with Crippen molar-refractivity contribution in [3.8, 4) is 0 Å². The second-order valence-corrected chi connectivity index (χ2v) is 7.39. The van der Waals surface area contributed by atoms with E-state index in [4.69, 9.17) is 23.7 Å². The van der Waals surface area contributed by atoms with Crippen molar-refractivity contribution in [2.75, 3.05) is 20.3 Å². The van der Waals surface area contributed by atoms with Crippen LogP contribution in [0.1, 0.15) is 31.1 Å². The van der Waals surface area contributed by atoms with Crippen molar-refractivity contribution in [3.63, 3.8) is 0 Å². The smallest absolute Gasteiger partial charge is 0.184 e. The Morgan fingerprint density at radius 1 is 1.08 bits per heavy atom. The van der Waals surface area contributed by atoms with Crippen LogP contribution in [-0.2, 0) is 23.7 Å². The first-order chi connectivity index (χ1) is 11.8. The lowest BCUT2D eigenvalue weighted by atomic mass is 9.63. The van der Waals surface area contributed by atoms with Gasteiger partial charge in [-0.15, -0.1) is 0 Å². The van der Waals surface area contributed by atoms with Crippen LogP contribution in [0.25, 0.3) is 0 Å². The summed E-state index contributed by atoms with van der Waals surface area (Å²) in [5.41, 5.74) is 0.756. The van der Waals surface area contributed by atoms with Gasteiger partial charge in [-0.3, -0.25) is 0 Å². The van der Waals surface area contributed by atoms with Gasteiger partial charge < -0.3 is 23.7 Å². The van der Waals surface area contributed by atoms with Crippen molar-refractivity contribution < 1.29 is 23.7 Å². The monoisotopic (exact) mass is 332 g/mol. The summed E-state index contributed by atoms with van der Waals surface area (Å²) in [6.07, 6.45) is 2.39. The maximum absolute atomic E-state index is 6.43. The van der Waals surface area contributed by atoms with Gasteiger partial charge >= 0.3 is 0 Å². The highest BCUT2D eigenvalue weighted by atomic mass is 16.7. The summed E-state index contributed by atoms with van der Waals surface area (Å²) in [4.78, 5) is 0. The van der Waals surface area contributed by atoms with Gasteiger partial charge in [-0.1, -0.05) is 30.3 Å². The number of hydrogen-bond donors (Lipinski definition) is 0. The summed E-state index contributed by atoms with van der Waals surface area (Å²) in [7, 11) is 1.70. The standard InChI is InChI=1S/C19H24O5/c1-20-16-9-19(14-8-7-13(14)10-22-19)17-15(23-16)11-21-18(24-17)12-5-3-2-4-6-12/h2-6,13-18H,7-11H2,1H3/t13-,14-,15-,16+,17-,18?,19-/m1/s1. The number of hydrogen-bond acceptors (Lipinski definition) is 5. The molecule has 1 saturated carbocycles. The Morgan fingerprint density at radius 3 is 2.67 bits per heavy atom. The third-order valence-corrected chi connectivity index (χ3v) is 6.26. The number of benzene rings is 1. The van der Waals surface area contributed by atoms with Crippen LogP contribution in [0.5, 0.6) is 0 Å². The van der Waals surface area contributed by atoms with E-state index in [9.17, 15) is 0 Å². The Balaban J connectivity index is 1.45. The van der Waals surface area contributed by atoms with E-state index < -0.39 is 0 Å². The summed E-state index contributed by atoms with van der Waals surface area (Å²) < 4.78 is 30.4. The predicted octanol–water partition coefficient (Wildman–Crippen LogP) is 2.66. The minimum Gasteiger partial charge on any atom is -0.371 e. The average Bonchev–Trinajstić information content (AvgIpc) is 2.85. The molecule has 130 valence electrons. The second-order valence-electron chi connectivity index (χ2n) is 7.39. The molecule has 0 bridgehead atoms. The van der Waals surface area contributed by atoms with Crippen LogP contribution in [0.4, 0.5) is 0 Å². The van der Waals surface area contributed by atoms with Crippen molar-refractivity contribution in [2.24, 2.45) is 11.8 Å². The molecule has 4 aliphatic rings. The van der Waals surface area contributed by atoms with E-state index in [-0.39, 0.29) is 30.4 Å². The average molecular weight is 332 g/mol. The first-order valence-corrected chi connectivity index (χ1v) is 8.94. The summed E-state index contributed by atoms with van der Waals surface area (Å²) >= 11 is 0. The molecule has 1 aromatic rings. The van der Waals surface area contributed by atoms with Crippen molar-refractivity contribution in [1.29, 1.82) is 0 Å². The molecule has 5 heteroatoms. The Morgan fingerprint density at radius 2 is 1.96 bits per heavy atom. The molecular weight excluding hydrogens is 308 g/mol. The van der Waals surface area contributed by atoms with Crippen molar-refractivity contribution in [3.05, 3.63) is 35.9 Å². The largest absolute Gasteiger partial charge is 0.371 e. The summed E-state index contributed by atoms with van der Waals surface area (Å²) in [6, 6.07) is 10.1. The molecule has 1 unspecified atom stereocenters. The zero-order chi connectivity index (χ0) is 16.1. The highest BCUT2D eigenvalue weighted by molar-refractivity contribution is 5.18. The molecule has 3 heterocycles. The molecule has 3 aliphatic heterocycles. The van der Waals surface area contributed by atoms with Crippen molar-refractivity contribution in [1.82, 2.24) is 0 Å². The van der Waals surface area contributed by atoms with Gasteiger partial charge in [0.25, 0.3) is 0 Å². The maximum atomic E-state index is 6.43. The molecule has 4 fully saturated rings. The maximum Gasteiger partial charge on any atom is 0.184 e. The lowest BCUT2D eigenvalue weighted by Gasteiger charge is -2.54. The fourth-order valence-electron chi connectivity index (χ4n) is 4.90. The van der Waals surface area contributed by atoms with Gasteiger partial charge in [0.1, 0.15) is 17.8 Å². The molecule has 1 spiro atoms. The molecule has 1 aliphatic carbocycles. The Hall–Kier alpha value is -0.980. The molecule has 3 saturated heterocycles. The Kier molecular flexibility index (Phi) is 3.68. The summed E-state index contributed by atoms with van der Waals surface area (Å²) in [6.45, 7) is 1.34. The number of fused-ring (bicyclic) bond motifs is 4. The third kappa shape index (κ3) is 2.19. The van der Waals surface area contributed by atoms with Gasteiger partial charge in [0.2, 0.25) is 0 Å². The summed E-state index contributed by atoms with van der Waals surface area (Å²) in [5.74, 6) is 1.23.